The SMILES string of the molecule is O=C(C1Cc2cccc(F)c2O1)N1CCC(CO)C1. The molecule has 3 rings (SSSR count). The number of rotatable bonds is 2. The summed E-state index contributed by atoms with van der Waals surface area (Å²) < 4.78 is 19.0. The van der Waals surface area contributed by atoms with E-state index in [0.717, 1.165) is 12.0 Å². The zero-order valence-electron chi connectivity index (χ0n) is 10.5. The predicted octanol–water partition coefficient (Wildman–Crippen LogP) is 0.970. The van der Waals surface area contributed by atoms with Gasteiger partial charge in [0.05, 0.1) is 0 Å². The zero-order valence-corrected chi connectivity index (χ0v) is 10.5. The van der Waals surface area contributed by atoms with Crippen LogP contribution >= 0.6 is 0 Å². The number of likely N-dealkylation sites (tertiary alicyclic amines) is 1. The average molecular weight is 265 g/mol. The quantitative estimate of drug-likeness (QED) is 0.867. The van der Waals surface area contributed by atoms with Crippen molar-refractivity contribution in [3.63, 3.8) is 0 Å². The van der Waals surface area contributed by atoms with Gasteiger partial charge in [0.2, 0.25) is 0 Å². The lowest BCUT2D eigenvalue weighted by molar-refractivity contribution is -0.137. The minimum Gasteiger partial charge on any atom is -0.477 e. The number of carbonyl (C=O) groups is 1. The van der Waals surface area contributed by atoms with Crippen LogP contribution in [-0.4, -0.2) is 41.7 Å². The summed E-state index contributed by atoms with van der Waals surface area (Å²) in [5, 5.41) is 9.09. The normalized spacial score (nSPS) is 25.3. The van der Waals surface area contributed by atoms with E-state index in [1.54, 1.807) is 17.0 Å². The first kappa shape index (κ1) is 12.4. The van der Waals surface area contributed by atoms with E-state index >= 15 is 0 Å². The van der Waals surface area contributed by atoms with Crippen molar-refractivity contribution in [1.82, 2.24) is 4.90 Å². The molecular formula is C14H16FNO3. The van der Waals surface area contributed by atoms with Crippen molar-refractivity contribution in [2.75, 3.05) is 19.7 Å². The third-order valence-electron chi connectivity index (χ3n) is 3.85. The molecule has 0 saturated carbocycles. The molecule has 2 heterocycles. The zero-order chi connectivity index (χ0) is 13.4. The summed E-state index contributed by atoms with van der Waals surface area (Å²) in [6, 6.07) is 4.75. The van der Waals surface area contributed by atoms with Crippen LogP contribution in [0.5, 0.6) is 5.75 Å². The molecule has 0 radical (unpaired) electrons. The largest absolute Gasteiger partial charge is 0.477 e. The highest BCUT2D eigenvalue weighted by Gasteiger charge is 2.36. The Morgan fingerprint density at radius 2 is 2.37 bits per heavy atom. The molecule has 19 heavy (non-hydrogen) atoms. The van der Waals surface area contributed by atoms with Crippen molar-refractivity contribution in [1.29, 1.82) is 0 Å². The second-order valence-corrected chi connectivity index (χ2v) is 5.16. The van der Waals surface area contributed by atoms with Crippen LogP contribution in [0.2, 0.25) is 0 Å². The molecule has 5 heteroatoms. The molecule has 1 fully saturated rings. The number of aliphatic hydroxyl groups is 1. The Hall–Kier alpha value is -1.62. The van der Waals surface area contributed by atoms with Crippen LogP contribution in [-0.2, 0) is 11.2 Å². The highest BCUT2D eigenvalue weighted by Crippen LogP contribution is 2.32. The molecule has 0 aliphatic carbocycles. The van der Waals surface area contributed by atoms with Gasteiger partial charge in [0.25, 0.3) is 5.91 Å². The fourth-order valence-corrected chi connectivity index (χ4v) is 2.75. The molecule has 1 N–H and O–H groups in total. The molecule has 2 unspecified atom stereocenters. The number of halogens is 1. The van der Waals surface area contributed by atoms with Gasteiger partial charge in [-0.05, 0) is 12.5 Å². The van der Waals surface area contributed by atoms with Crippen LogP contribution in [0.1, 0.15) is 12.0 Å². The Balaban J connectivity index is 1.70. The molecule has 0 spiro atoms. The number of amides is 1. The summed E-state index contributed by atoms with van der Waals surface area (Å²) in [6.07, 6.45) is 0.618. The lowest BCUT2D eigenvalue weighted by atomic mass is 10.1. The number of fused-ring (bicyclic) bond motifs is 1. The monoisotopic (exact) mass is 265 g/mol. The number of para-hydroxylation sites is 1. The molecular weight excluding hydrogens is 249 g/mol. The van der Waals surface area contributed by atoms with Crippen molar-refractivity contribution in [2.45, 2.75) is 18.9 Å². The third-order valence-corrected chi connectivity index (χ3v) is 3.85. The van der Waals surface area contributed by atoms with Crippen LogP contribution in [0.15, 0.2) is 18.2 Å². The van der Waals surface area contributed by atoms with Crippen LogP contribution < -0.4 is 4.74 Å². The van der Waals surface area contributed by atoms with Crippen molar-refractivity contribution < 1.29 is 19.0 Å². The van der Waals surface area contributed by atoms with Gasteiger partial charge in [0, 0.05) is 37.6 Å². The van der Waals surface area contributed by atoms with Gasteiger partial charge >= 0.3 is 0 Å². The molecule has 0 aromatic heterocycles. The standard InChI is InChI=1S/C14H16FNO3/c15-11-3-1-2-10-6-12(19-13(10)11)14(18)16-5-4-9(7-16)8-17/h1-3,9,12,17H,4-8H2. The molecule has 0 bridgehead atoms. The first-order valence-corrected chi connectivity index (χ1v) is 6.52. The van der Waals surface area contributed by atoms with Crippen molar-refractivity contribution in [2.24, 2.45) is 5.92 Å². The first-order valence-electron chi connectivity index (χ1n) is 6.52. The van der Waals surface area contributed by atoms with Gasteiger partial charge in [-0.2, -0.15) is 0 Å². The number of benzene rings is 1. The highest BCUT2D eigenvalue weighted by atomic mass is 19.1. The van der Waals surface area contributed by atoms with E-state index in [4.69, 9.17) is 9.84 Å². The topological polar surface area (TPSA) is 49.8 Å². The number of nitrogens with zero attached hydrogens (tertiary/aromatic N) is 1. The fraction of sp³-hybridized carbons (Fsp3) is 0.500. The highest BCUT2D eigenvalue weighted by molar-refractivity contribution is 5.83. The van der Waals surface area contributed by atoms with Crippen LogP contribution in [0.25, 0.3) is 0 Å². The Labute approximate surface area is 110 Å². The van der Waals surface area contributed by atoms with Gasteiger partial charge in [-0.1, -0.05) is 12.1 Å². The van der Waals surface area contributed by atoms with Gasteiger partial charge in [-0.15, -0.1) is 0 Å². The van der Waals surface area contributed by atoms with Gasteiger partial charge in [-0.25, -0.2) is 4.39 Å². The Bertz CT molecular complexity index is 505. The van der Waals surface area contributed by atoms with E-state index in [1.165, 1.54) is 6.07 Å². The van der Waals surface area contributed by atoms with Gasteiger partial charge in [0.15, 0.2) is 17.7 Å². The maximum atomic E-state index is 13.5. The summed E-state index contributed by atoms with van der Waals surface area (Å²) in [5.74, 6) is -0.155. The third kappa shape index (κ3) is 2.18. The van der Waals surface area contributed by atoms with Crippen LogP contribution in [0.3, 0.4) is 0 Å². The van der Waals surface area contributed by atoms with Gasteiger partial charge in [0.1, 0.15) is 0 Å². The lowest BCUT2D eigenvalue weighted by Gasteiger charge is -2.20. The van der Waals surface area contributed by atoms with E-state index in [-0.39, 0.29) is 24.2 Å². The maximum absolute atomic E-state index is 13.5. The van der Waals surface area contributed by atoms with E-state index in [1.807, 2.05) is 0 Å². The molecule has 2 aliphatic rings. The minimum atomic E-state index is -0.621. The summed E-state index contributed by atoms with van der Waals surface area (Å²) in [6.45, 7) is 1.31. The molecule has 2 aliphatic heterocycles. The van der Waals surface area contributed by atoms with E-state index in [2.05, 4.69) is 0 Å². The van der Waals surface area contributed by atoms with Crippen molar-refractivity contribution >= 4 is 5.91 Å². The second-order valence-electron chi connectivity index (χ2n) is 5.16. The molecule has 4 nitrogen and oxygen atoms in total. The summed E-state index contributed by atoms with van der Waals surface area (Å²) in [4.78, 5) is 14.0. The smallest absolute Gasteiger partial charge is 0.264 e. The fourth-order valence-electron chi connectivity index (χ4n) is 2.75. The van der Waals surface area contributed by atoms with Gasteiger partial charge in [-0.3, -0.25) is 4.79 Å². The average Bonchev–Trinajstić information content (AvgIpc) is 3.05. The lowest BCUT2D eigenvalue weighted by Crippen LogP contribution is -2.40. The van der Waals surface area contributed by atoms with E-state index in [0.29, 0.717) is 19.5 Å². The molecule has 1 saturated heterocycles. The number of hydrogen-bond acceptors (Lipinski definition) is 3. The van der Waals surface area contributed by atoms with Crippen molar-refractivity contribution in [3.05, 3.63) is 29.6 Å². The number of aliphatic hydroxyl groups excluding tert-OH is 1. The van der Waals surface area contributed by atoms with Crippen LogP contribution in [0.4, 0.5) is 4.39 Å². The summed E-state index contributed by atoms with van der Waals surface area (Å²) in [7, 11) is 0. The van der Waals surface area contributed by atoms with E-state index < -0.39 is 11.9 Å². The maximum Gasteiger partial charge on any atom is 0.264 e. The molecule has 102 valence electrons. The molecule has 1 amide bonds. The number of ether oxygens (including phenoxy) is 1. The van der Waals surface area contributed by atoms with E-state index in [9.17, 15) is 9.18 Å². The van der Waals surface area contributed by atoms with Gasteiger partial charge < -0.3 is 14.7 Å². The summed E-state index contributed by atoms with van der Waals surface area (Å²) in [5.41, 5.74) is 0.747. The molecule has 1 aromatic rings. The number of hydrogen-bond donors (Lipinski definition) is 1. The number of carbonyl (C=O) groups excluding carboxylic acids is 1. The molecule has 1 aromatic carbocycles. The predicted molar refractivity (Wildman–Crippen MR) is 66.3 cm³/mol. The first-order chi connectivity index (χ1) is 9.19. The Morgan fingerprint density at radius 1 is 1.53 bits per heavy atom. The Morgan fingerprint density at radius 3 is 3.05 bits per heavy atom. The molecule has 2 atom stereocenters. The summed E-state index contributed by atoms with van der Waals surface area (Å²) >= 11 is 0. The Kier molecular flexibility index (Phi) is 3.14. The van der Waals surface area contributed by atoms with Crippen molar-refractivity contribution in [3.8, 4) is 5.75 Å². The minimum absolute atomic E-state index is 0.101. The second kappa shape index (κ2) is 4.81. The van der Waals surface area contributed by atoms with Crippen LogP contribution in [0, 0.1) is 11.7 Å².